The first kappa shape index (κ1) is 21.3. The number of carboxylic acid groups (broad SMARTS) is 1. The maximum absolute atomic E-state index is 11.4. The molecule has 0 aliphatic rings. The van der Waals surface area contributed by atoms with Crippen molar-refractivity contribution in [2.75, 3.05) is 0 Å². The highest BCUT2D eigenvalue weighted by Crippen LogP contribution is 2.36. The number of halogens is 1. The number of aromatic nitrogens is 2. The topological polar surface area (TPSA) is 123 Å². The summed E-state index contributed by atoms with van der Waals surface area (Å²) in [5.41, 5.74) is 1.29. The lowest BCUT2D eigenvalue weighted by Gasteiger charge is -2.09. The van der Waals surface area contributed by atoms with Crippen LogP contribution >= 0.6 is 11.6 Å². The molecule has 9 heteroatoms. The number of aromatic hydroxyl groups is 1. The van der Waals surface area contributed by atoms with E-state index >= 15 is 0 Å². The number of Topliss-reactive ketones (excluding diaryl/α,β-unsaturated/α-hetero) is 1. The number of aryl methyl sites for hydroxylation is 2. The van der Waals surface area contributed by atoms with Gasteiger partial charge in [0.1, 0.15) is 16.5 Å². The van der Waals surface area contributed by atoms with Crippen molar-refractivity contribution in [2.45, 2.75) is 32.8 Å². The second-order valence-corrected chi connectivity index (χ2v) is 6.96. The van der Waals surface area contributed by atoms with Gasteiger partial charge in [-0.25, -0.2) is 4.79 Å². The van der Waals surface area contributed by atoms with E-state index in [-0.39, 0.29) is 40.0 Å². The molecule has 1 heterocycles. The Morgan fingerprint density at radius 1 is 1.20 bits per heavy atom. The average Bonchev–Trinajstić information content (AvgIpc) is 3.17. The molecular weight excluding hydrogens is 412 g/mol. The molecule has 0 unspecified atom stereocenters. The van der Waals surface area contributed by atoms with E-state index in [0.717, 1.165) is 5.56 Å². The summed E-state index contributed by atoms with van der Waals surface area (Å²) in [5.74, 6) is -0.652. The lowest BCUT2D eigenvalue weighted by molar-refractivity contribution is 0.0696. The Balaban J connectivity index is 1.53. The fourth-order valence-electron chi connectivity index (χ4n) is 2.84. The minimum Gasteiger partial charge on any atom is -0.505 e. The molecular formula is C21H19ClN2O6. The number of aromatic carboxylic acids is 1. The number of benzene rings is 2. The smallest absolute Gasteiger partial charge is 0.335 e. The van der Waals surface area contributed by atoms with Crippen molar-refractivity contribution in [2.24, 2.45) is 0 Å². The van der Waals surface area contributed by atoms with Crippen molar-refractivity contribution < 1.29 is 29.1 Å². The normalized spacial score (nSPS) is 10.7. The third-order valence-electron chi connectivity index (χ3n) is 4.36. The van der Waals surface area contributed by atoms with Crippen LogP contribution in [0.5, 0.6) is 11.5 Å². The number of hydrogen-bond acceptors (Lipinski definition) is 7. The molecule has 0 bridgehead atoms. The van der Waals surface area contributed by atoms with E-state index in [0.29, 0.717) is 31.0 Å². The first-order chi connectivity index (χ1) is 14.3. The average molecular weight is 431 g/mol. The van der Waals surface area contributed by atoms with E-state index in [1.54, 1.807) is 18.2 Å². The highest BCUT2D eigenvalue weighted by molar-refractivity contribution is 6.34. The van der Waals surface area contributed by atoms with E-state index in [4.69, 9.17) is 26.0 Å². The molecule has 0 fully saturated rings. The van der Waals surface area contributed by atoms with E-state index in [9.17, 15) is 14.7 Å². The first-order valence-electron chi connectivity index (χ1n) is 9.14. The van der Waals surface area contributed by atoms with Crippen molar-refractivity contribution in [3.8, 4) is 11.5 Å². The van der Waals surface area contributed by atoms with Gasteiger partial charge in [0.25, 0.3) is 0 Å². The number of carbonyl (C=O) groups excluding carboxylic acids is 1. The molecule has 0 saturated carbocycles. The molecule has 0 amide bonds. The zero-order valence-electron chi connectivity index (χ0n) is 16.1. The quantitative estimate of drug-likeness (QED) is 0.487. The second-order valence-electron chi connectivity index (χ2n) is 6.58. The van der Waals surface area contributed by atoms with Gasteiger partial charge in [-0.3, -0.25) is 4.79 Å². The summed E-state index contributed by atoms with van der Waals surface area (Å²) in [6, 6.07) is 9.70. The summed E-state index contributed by atoms with van der Waals surface area (Å²) < 4.78 is 10.7. The summed E-state index contributed by atoms with van der Waals surface area (Å²) in [5, 5.41) is 22.8. The Morgan fingerprint density at radius 3 is 2.73 bits per heavy atom. The summed E-state index contributed by atoms with van der Waals surface area (Å²) in [4.78, 5) is 26.7. The van der Waals surface area contributed by atoms with Crippen LogP contribution < -0.4 is 4.74 Å². The predicted octanol–water partition coefficient (Wildman–Crippen LogP) is 4.08. The lowest BCUT2D eigenvalue weighted by Crippen LogP contribution is -2.00. The highest BCUT2D eigenvalue weighted by Gasteiger charge is 2.16. The number of nitrogens with zero attached hydrogens (tertiary/aromatic N) is 2. The van der Waals surface area contributed by atoms with Gasteiger partial charge in [-0.15, -0.1) is 0 Å². The predicted molar refractivity (Wildman–Crippen MR) is 107 cm³/mol. The molecule has 2 N–H and O–H groups in total. The van der Waals surface area contributed by atoms with Crippen LogP contribution in [0.25, 0.3) is 0 Å². The maximum atomic E-state index is 11.4. The maximum Gasteiger partial charge on any atom is 0.335 e. The van der Waals surface area contributed by atoms with Crippen LogP contribution in [0.4, 0.5) is 0 Å². The lowest BCUT2D eigenvalue weighted by atomic mass is 10.1. The number of phenolic OH excluding ortho intramolecular Hbond substituents is 1. The zero-order chi connectivity index (χ0) is 21.7. The SMILES string of the molecule is CC(=O)c1ccc(OCc2noc(CCCc3cccc(C(=O)O)c3)n2)c(Cl)c1O. The molecule has 0 radical (unpaired) electrons. The summed E-state index contributed by atoms with van der Waals surface area (Å²) >= 11 is 6.04. The minimum atomic E-state index is -0.956. The first-order valence-corrected chi connectivity index (χ1v) is 9.52. The van der Waals surface area contributed by atoms with Crippen LogP contribution in [0.3, 0.4) is 0 Å². The van der Waals surface area contributed by atoms with Crippen LogP contribution in [0, 0.1) is 0 Å². The number of hydrogen-bond donors (Lipinski definition) is 2. The van der Waals surface area contributed by atoms with Gasteiger partial charge in [-0.05, 0) is 49.6 Å². The van der Waals surface area contributed by atoms with Gasteiger partial charge in [0.2, 0.25) is 11.7 Å². The van der Waals surface area contributed by atoms with Gasteiger partial charge >= 0.3 is 5.97 Å². The fourth-order valence-corrected chi connectivity index (χ4v) is 3.06. The Morgan fingerprint density at radius 2 is 2.00 bits per heavy atom. The third kappa shape index (κ3) is 5.15. The van der Waals surface area contributed by atoms with Crippen LogP contribution in [0.1, 0.15) is 51.3 Å². The Hall–Kier alpha value is -3.39. The molecule has 1 aromatic heterocycles. The summed E-state index contributed by atoms with van der Waals surface area (Å²) in [6.07, 6.45) is 1.91. The van der Waals surface area contributed by atoms with Gasteiger partial charge < -0.3 is 19.5 Å². The van der Waals surface area contributed by atoms with E-state index < -0.39 is 5.97 Å². The van der Waals surface area contributed by atoms with Crippen molar-refractivity contribution >= 4 is 23.4 Å². The van der Waals surface area contributed by atoms with Crippen molar-refractivity contribution in [1.29, 1.82) is 0 Å². The second kappa shape index (κ2) is 9.41. The molecule has 3 rings (SSSR count). The van der Waals surface area contributed by atoms with Crippen LogP contribution in [-0.2, 0) is 19.4 Å². The number of carboxylic acids is 1. The summed E-state index contributed by atoms with van der Waals surface area (Å²) in [6.45, 7) is 1.30. The largest absolute Gasteiger partial charge is 0.505 e. The highest BCUT2D eigenvalue weighted by atomic mass is 35.5. The standard InChI is InChI=1S/C21H19ClN2O6/c1-12(25)15-8-9-16(19(22)20(15)26)29-11-17-23-18(30-24-17)7-3-5-13-4-2-6-14(10-13)21(27)28/h2,4,6,8-10,26H,3,5,7,11H2,1H3,(H,27,28). The Bertz CT molecular complexity index is 1080. The van der Waals surface area contributed by atoms with Gasteiger partial charge in [0.15, 0.2) is 12.4 Å². The molecule has 3 aromatic rings. The number of phenols is 1. The molecule has 0 spiro atoms. The van der Waals surface area contributed by atoms with Gasteiger partial charge in [0.05, 0.1) is 11.1 Å². The zero-order valence-corrected chi connectivity index (χ0v) is 16.8. The number of ketones is 1. The van der Waals surface area contributed by atoms with Crippen LogP contribution in [0.2, 0.25) is 5.02 Å². The number of rotatable bonds is 9. The monoisotopic (exact) mass is 430 g/mol. The molecule has 0 saturated heterocycles. The van der Waals surface area contributed by atoms with E-state index in [1.165, 1.54) is 19.1 Å². The summed E-state index contributed by atoms with van der Waals surface area (Å²) in [7, 11) is 0. The van der Waals surface area contributed by atoms with Crippen molar-refractivity contribution in [3.63, 3.8) is 0 Å². The number of carbonyl (C=O) groups is 2. The molecule has 0 atom stereocenters. The number of ether oxygens (including phenoxy) is 1. The molecule has 0 aliphatic heterocycles. The minimum absolute atomic E-state index is 0.0251. The van der Waals surface area contributed by atoms with Gasteiger partial charge in [-0.2, -0.15) is 4.98 Å². The third-order valence-corrected chi connectivity index (χ3v) is 4.72. The Labute approximate surface area is 177 Å². The molecule has 156 valence electrons. The van der Waals surface area contributed by atoms with E-state index in [1.807, 2.05) is 6.07 Å². The van der Waals surface area contributed by atoms with E-state index in [2.05, 4.69) is 10.1 Å². The van der Waals surface area contributed by atoms with Gasteiger partial charge in [-0.1, -0.05) is 28.9 Å². The van der Waals surface area contributed by atoms with Gasteiger partial charge in [0, 0.05) is 6.42 Å². The van der Waals surface area contributed by atoms with Crippen LogP contribution in [0.15, 0.2) is 40.9 Å². The molecule has 8 nitrogen and oxygen atoms in total. The molecule has 0 aliphatic carbocycles. The fraction of sp³-hybridized carbons (Fsp3) is 0.238. The van der Waals surface area contributed by atoms with Crippen molar-refractivity contribution in [3.05, 3.63) is 69.8 Å². The van der Waals surface area contributed by atoms with Crippen molar-refractivity contribution in [1.82, 2.24) is 10.1 Å². The molecule has 2 aromatic carbocycles. The molecule has 30 heavy (non-hydrogen) atoms. The van der Waals surface area contributed by atoms with Crippen LogP contribution in [-0.4, -0.2) is 32.1 Å². The Kier molecular flexibility index (Phi) is 6.68.